The SMILES string of the molecule is O=C(O)c1ccc(OCc2ccc(F)cc2Br)cn1. The van der Waals surface area contributed by atoms with Gasteiger partial charge in [-0.1, -0.05) is 22.0 Å². The molecule has 2 rings (SSSR count). The van der Waals surface area contributed by atoms with Gasteiger partial charge in [0.2, 0.25) is 0 Å². The molecular formula is C13H9BrFNO3. The van der Waals surface area contributed by atoms with E-state index in [0.29, 0.717) is 10.2 Å². The third kappa shape index (κ3) is 3.51. The van der Waals surface area contributed by atoms with Crippen molar-refractivity contribution in [3.63, 3.8) is 0 Å². The predicted molar refractivity (Wildman–Crippen MR) is 69.6 cm³/mol. The Morgan fingerprint density at radius 3 is 2.74 bits per heavy atom. The van der Waals surface area contributed by atoms with E-state index >= 15 is 0 Å². The van der Waals surface area contributed by atoms with E-state index in [0.717, 1.165) is 5.56 Å². The molecule has 0 atom stereocenters. The summed E-state index contributed by atoms with van der Waals surface area (Å²) in [7, 11) is 0. The number of ether oxygens (including phenoxy) is 1. The van der Waals surface area contributed by atoms with Crippen LogP contribution >= 0.6 is 15.9 Å². The predicted octanol–water partition coefficient (Wildman–Crippen LogP) is 3.26. The number of pyridine rings is 1. The minimum absolute atomic E-state index is 0.0460. The summed E-state index contributed by atoms with van der Waals surface area (Å²) in [6.07, 6.45) is 1.33. The lowest BCUT2D eigenvalue weighted by Crippen LogP contribution is -2.01. The summed E-state index contributed by atoms with van der Waals surface area (Å²) in [6.45, 7) is 0.231. The molecule has 0 aliphatic carbocycles. The largest absolute Gasteiger partial charge is 0.487 e. The molecule has 0 saturated heterocycles. The second-order valence-electron chi connectivity index (χ2n) is 3.71. The highest BCUT2D eigenvalue weighted by atomic mass is 79.9. The zero-order valence-electron chi connectivity index (χ0n) is 9.64. The minimum atomic E-state index is -1.09. The fraction of sp³-hybridized carbons (Fsp3) is 0.0769. The maximum atomic E-state index is 12.9. The molecule has 0 radical (unpaired) electrons. The van der Waals surface area contributed by atoms with Crippen LogP contribution in [0.2, 0.25) is 0 Å². The molecule has 6 heteroatoms. The number of halogens is 2. The first-order valence-electron chi connectivity index (χ1n) is 5.32. The van der Waals surface area contributed by atoms with Crippen LogP contribution in [0.3, 0.4) is 0 Å². The first kappa shape index (κ1) is 13.5. The van der Waals surface area contributed by atoms with Crippen molar-refractivity contribution >= 4 is 21.9 Å². The molecular weight excluding hydrogens is 317 g/mol. The van der Waals surface area contributed by atoms with Crippen molar-refractivity contribution in [2.24, 2.45) is 0 Å². The Kier molecular flexibility index (Phi) is 4.11. The van der Waals surface area contributed by atoms with Crippen molar-refractivity contribution < 1.29 is 19.0 Å². The van der Waals surface area contributed by atoms with Crippen molar-refractivity contribution in [2.45, 2.75) is 6.61 Å². The molecule has 0 aliphatic rings. The van der Waals surface area contributed by atoms with E-state index in [-0.39, 0.29) is 18.1 Å². The number of hydrogen-bond acceptors (Lipinski definition) is 3. The Balaban J connectivity index is 2.04. The average molecular weight is 326 g/mol. The maximum Gasteiger partial charge on any atom is 0.354 e. The second-order valence-corrected chi connectivity index (χ2v) is 4.56. The molecule has 1 heterocycles. The first-order chi connectivity index (χ1) is 9.06. The zero-order valence-corrected chi connectivity index (χ0v) is 11.2. The summed E-state index contributed by atoms with van der Waals surface area (Å²) in [5.41, 5.74) is 0.735. The van der Waals surface area contributed by atoms with Gasteiger partial charge >= 0.3 is 5.97 Å². The van der Waals surface area contributed by atoms with Gasteiger partial charge in [-0.2, -0.15) is 0 Å². The summed E-state index contributed by atoms with van der Waals surface area (Å²) in [4.78, 5) is 14.4. The maximum absolute atomic E-state index is 12.9. The van der Waals surface area contributed by atoms with E-state index < -0.39 is 5.97 Å². The number of benzene rings is 1. The monoisotopic (exact) mass is 325 g/mol. The zero-order chi connectivity index (χ0) is 13.8. The fourth-order valence-electron chi connectivity index (χ4n) is 1.39. The van der Waals surface area contributed by atoms with Crippen molar-refractivity contribution in [2.75, 3.05) is 0 Å². The molecule has 0 bridgehead atoms. The van der Waals surface area contributed by atoms with E-state index in [9.17, 15) is 9.18 Å². The van der Waals surface area contributed by atoms with Gasteiger partial charge in [-0.05, 0) is 24.3 Å². The molecule has 0 unspecified atom stereocenters. The van der Waals surface area contributed by atoms with Crippen LogP contribution in [0.4, 0.5) is 4.39 Å². The van der Waals surface area contributed by atoms with Crippen LogP contribution in [0.1, 0.15) is 16.1 Å². The van der Waals surface area contributed by atoms with Crippen LogP contribution in [-0.2, 0) is 6.61 Å². The standard InChI is InChI=1S/C13H9BrFNO3/c14-11-5-9(15)2-1-8(11)7-19-10-3-4-12(13(17)18)16-6-10/h1-6H,7H2,(H,17,18). The Morgan fingerprint density at radius 1 is 1.37 bits per heavy atom. The van der Waals surface area contributed by atoms with Crippen LogP contribution in [0, 0.1) is 5.82 Å². The van der Waals surface area contributed by atoms with E-state index in [2.05, 4.69) is 20.9 Å². The Labute approximate surface area is 117 Å². The highest BCUT2D eigenvalue weighted by Gasteiger charge is 2.05. The lowest BCUT2D eigenvalue weighted by atomic mass is 10.2. The van der Waals surface area contributed by atoms with Gasteiger partial charge in [-0.15, -0.1) is 0 Å². The first-order valence-corrected chi connectivity index (χ1v) is 6.11. The molecule has 1 aromatic carbocycles. The minimum Gasteiger partial charge on any atom is -0.487 e. The number of carboxylic acids is 1. The number of hydrogen-bond donors (Lipinski definition) is 1. The summed E-state index contributed by atoms with van der Waals surface area (Å²) >= 11 is 3.24. The number of aromatic nitrogens is 1. The number of carboxylic acid groups (broad SMARTS) is 1. The van der Waals surface area contributed by atoms with Crippen LogP contribution in [0.15, 0.2) is 41.0 Å². The van der Waals surface area contributed by atoms with Crippen LogP contribution in [-0.4, -0.2) is 16.1 Å². The smallest absolute Gasteiger partial charge is 0.354 e. The molecule has 0 amide bonds. The van der Waals surface area contributed by atoms with E-state index in [1.807, 2.05) is 0 Å². The van der Waals surface area contributed by atoms with E-state index in [4.69, 9.17) is 9.84 Å². The van der Waals surface area contributed by atoms with Gasteiger partial charge in [0.25, 0.3) is 0 Å². The van der Waals surface area contributed by atoms with Crippen molar-refractivity contribution in [3.8, 4) is 5.75 Å². The summed E-state index contributed by atoms with van der Waals surface area (Å²) in [5, 5.41) is 8.70. The van der Waals surface area contributed by atoms with Gasteiger partial charge in [0, 0.05) is 10.0 Å². The number of carbonyl (C=O) groups is 1. The number of nitrogens with zero attached hydrogens (tertiary/aromatic N) is 1. The van der Waals surface area contributed by atoms with Crippen molar-refractivity contribution in [3.05, 3.63) is 58.1 Å². The average Bonchev–Trinajstić information content (AvgIpc) is 2.38. The summed E-state index contributed by atoms with van der Waals surface area (Å²) < 4.78 is 18.9. The summed E-state index contributed by atoms with van der Waals surface area (Å²) in [5.74, 6) is -0.975. The number of rotatable bonds is 4. The van der Waals surface area contributed by atoms with E-state index in [1.54, 1.807) is 6.07 Å². The molecule has 0 spiro atoms. The third-order valence-electron chi connectivity index (χ3n) is 2.36. The van der Waals surface area contributed by atoms with Crippen molar-refractivity contribution in [1.82, 2.24) is 4.98 Å². The second kappa shape index (κ2) is 5.79. The van der Waals surface area contributed by atoms with Crippen LogP contribution < -0.4 is 4.74 Å². The van der Waals surface area contributed by atoms with Gasteiger partial charge in [0.05, 0.1) is 6.20 Å². The van der Waals surface area contributed by atoms with Crippen LogP contribution in [0.25, 0.3) is 0 Å². The van der Waals surface area contributed by atoms with E-state index in [1.165, 1.54) is 30.5 Å². The Hall–Kier alpha value is -1.95. The summed E-state index contributed by atoms with van der Waals surface area (Å²) in [6, 6.07) is 7.18. The molecule has 4 nitrogen and oxygen atoms in total. The van der Waals surface area contributed by atoms with Gasteiger partial charge in [-0.25, -0.2) is 14.2 Å². The number of aromatic carboxylic acids is 1. The highest BCUT2D eigenvalue weighted by Crippen LogP contribution is 2.20. The molecule has 0 saturated carbocycles. The van der Waals surface area contributed by atoms with Gasteiger partial charge in [0.1, 0.15) is 23.9 Å². The van der Waals surface area contributed by atoms with Crippen LogP contribution in [0.5, 0.6) is 5.75 Å². The molecule has 0 fully saturated rings. The normalized spacial score (nSPS) is 10.2. The molecule has 0 aliphatic heterocycles. The molecule has 19 heavy (non-hydrogen) atoms. The van der Waals surface area contributed by atoms with Gasteiger partial charge in [-0.3, -0.25) is 0 Å². The lowest BCUT2D eigenvalue weighted by Gasteiger charge is -2.07. The molecule has 1 aromatic heterocycles. The topological polar surface area (TPSA) is 59.4 Å². The quantitative estimate of drug-likeness (QED) is 0.937. The molecule has 2 aromatic rings. The third-order valence-corrected chi connectivity index (χ3v) is 3.10. The van der Waals surface area contributed by atoms with Crippen molar-refractivity contribution in [1.29, 1.82) is 0 Å². The van der Waals surface area contributed by atoms with Gasteiger partial charge < -0.3 is 9.84 Å². The highest BCUT2D eigenvalue weighted by molar-refractivity contribution is 9.10. The fourth-order valence-corrected chi connectivity index (χ4v) is 1.86. The Morgan fingerprint density at radius 2 is 2.16 bits per heavy atom. The Bertz CT molecular complexity index is 601. The molecule has 98 valence electrons. The van der Waals surface area contributed by atoms with Gasteiger partial charge in [0.15, 0.2) is 0 Å². The molecule has 1 N–H and O–H groups in total. The lowest BCUT2D eigenvalue weighted by molar-refractivity contribution is 0.0690.